The highest BCUT2D eigenvalue weighted by Gasteiger charge is 2.37. The quantitative estimate of drug-likeness (QED) is 0.787. The fourth-order valence-corrected chi connectivity index (χ4v) is 4.09. The lowest BCUT2D eigenvalue weighted by Gasteiger charge is -2.19. The Hall–Kier alpha value is -3.33. The predicted octanol–water partition coefficient (Wildman–Crippen LogP) is 3.69. The summed E-state index contributed by atoms with van der Waals surface area (Å²) in [6, 6.07) is 17.0. The van der Waals surface area contributed by atoms with Crippen LogP contribution in [0.2, 0.25) is 0 Å². The van der Waals surface area contributed by atoms with Crippen molar-refractivity contribution in [3.8, 4) is 17.6 Å². The van der Waals surface area contributed by atoms with Gasteiger partial charge in [-0.05, 0) is 42.9 Å². The van der Waals surface area contributed by atoms with Crippen LogP contribution >= 0.6 is 0 Å². The van der Waals surface area contributed by atoms with Gasteiger partial charge in [-0.25, -0.2) is 0 Å². The number of hydrogen-bond acceptors (Lipinski definition) is 5. The lowest BCUT2D eigenvalue weighted by molar-refractivity contribution is -0.131. The minimum Gasteiger partial charge on any atom is -0.486 e. The first kappa shape index (κ1) is 19.0. The zero-order valence-corrected chi connectivity index (χ0v) is 16.0. The molecule has 1 heterocycles. The molecule has 2 aromatic rings. The van der Waals surface area contributed by atoms with Gasteiger partial charge in [0, 0.05) is 17.7 Å². The van der Waals surface area contributed by atoms with Crippen molar-refractivity contribution in [3.05, 3.63) is 54.1 Å². The highest BCUT2D eigenvalue weighted by Crippen LogP contribution is 2.39. The molecule has 1 amide bonds. The Balaban J connectivity index is 1.41. The molecule has 0 aromatic heterocycles. The second-order valence-electron chi connectivity index (χ2n) is 7.43. The molecule has 29 heavy (non-hydrogen) atoms. The number of anilines is 1. The molecular formula is C23H22N2O4. The van der Waals surface area contributed by atoms with E-state index in [0.717, 1.165) is 6.42 Å². The van der Waals surface area contributed by atoms with Crippen molar-refractivity contribution in [3.63, 3.8) is 0 Å². The van der Waals surface area contributed by atoms with Crippen molar-refractivity contribution >= 4 is 17.4 Å². The van der Waals surface area contributed by atoms with Gasteiger partial charge in [-0.2, -0.15) is 5.26 Å². The number of rotatable bonds is 5. The lowest BCUT2D eigenvalue weighted by atomic mass is 9.89. The monoisotopic (exact) mass is 390 g/mol. The summed E-state index contributed by atoms with van der Waals surface area (Å²) in [6.45, 7) is 0.920. The number of ether oxygens (including phenoxy) is 2. The largest absolute Gasteiger partial charge is 0.486 e. The Morgan fingerprint density at radius 2 is 1.79 bits per heavy atom. The van der Waals surface area contributed by atoms with Gasteiger partial charge in [-0.1, -0.05) is 30.3 Å². The molecule has 0 radical (unpaired) electrons. The number of ketones is 1. The number of amides is 1. The molecule has 1 fully saturated rings. The number of nitrogens with one attached hydrogen (secondary N) is 1. The molecule has 1 N–H and O–H groups in total. The number of carbonyl (C=O) groups is 2. The summed E-state index contributed by atoms with van der Waals surface area (Å²) >= 11 is 0. The van der Waals surface area contributed by atoms with Crippen molar-refractivity contribution in [1.29, 1.82) is 5.26 Å². The molecule has 0 spiro atoms. The molecule has 0 bridgehead atoms. The Kier molecular flexibility index (Phi) is 5.48. The summed E-state index contributed by atoms with van der Waals surface area (Å²) in [5, 5.41) is 12.2. The van der Waals surface area contributed by atoms with Crippen molar-refractivity contribution in [2.75, 3.05) is 18.5 Å². The molecule has 148 valence electrons. The van der Waals surface area contributed by atoms with Gasteiger partial charge in [-0.15, -0.1) is 0 Å². The summed E-state index contributed by atoms with van der Waals surface area (Å²) in [5.74, 6) is -1.03. The maximum atomic E-state index is 12.9. The minimum atomic E-state index is -1.32. The molecule has 3 atom stereocenters. The van der Waals surface area contributed by atoms with E-state index in [9.17, 15) is 14.9 Å². The average molecular weight is 390 g/mol. The first-order chi connectivity index (χ1) is 14.2. The molecule has 1 aliphatic carbocycles. The third kappa shape index (κ3) is 4.09. The molecule has 0 saturated heterocycles. The Morgan fingerprint density at radius 1 is 1.03 bits per heavy atom. The van der Waals surface area contributed by atoms with Crippen LogP contribution in [0.5, 0.6) is 11.5 Å². The second kappa shape index (κ2) is 8.36. The van der Waals surface area contributed by atoms with Crippen molar-refractivity contribution in [1.82, 2.24) is 0 Å². The number of hydrogen-bond donors (Lipinski definition) is 1. The third-order valence-electron chi connectivity index (χ3n) is 5.59. The number of carbonyl (C=O) groups excluding carboxylic acids is 2. The van der Waals surface area contributed by atoms with Gasteiger partial charge < -0.3 is 14.8 Å². The van der Waals surface area contributed by atoms with E-state index < -0.39 is 11.8 Å². The molecule has 1 aliphatic heterocycles. The number of fused-ring (bicyclic) bond motifs is 1. The van der Waals surface area contributed by atoms with E-state index in [0.29, 0.717) is 49.2 Å². The summed E-state index contributed by atoms with van der Waals surface area (Å²) in [5.41, 5.74) is 1.68. The molecule has 4 rings (SSSR count). The molecular weight excluding hydrogens is 368 g/mol. The molecule has 1 unspecified atom stereocenters. The smallest absolute Gasteiger partial charge is 0.249 e. The Morgan fingerprint density at radius 3 is 2.55 bits per heavy atom. The van der Waals surface area contributed by atoms with E-state index in [4.69, 9.17) is 9.47 Å². The SMILES string of the molecule is N#CC(C(=O)Nc1ccc2c(c1)OCCO2)C(=O)[C@@H]1CC[C@@H](c2ccccc2)C1. The van der Waals surface area contributed by atoms with Gasteiger partial charge in [0.15, 0.2) is 23.2 Å². The van der Waals surface area contributed by atoms with Gasteiger partial charge >= 0.3 is 0 Å². The van der Waals surface area contributed by atoms with Crippen LogP contribution in [0.3, 0.4) is 0 Å². The van der Waals surface area contributed by atoms with Gasteiger partial charge in [0.05, 0.1) is 6.07 Å². The van der Waals surface area contributed by atoms with Crippen LogP contribution in [0.15, 0.2) is 48.5 Å². The topological polar surface area (TPSA) is 88.4 Å². The first-order valence-corrected chi connectivity index (χ1v) is 9.84. The van der Waals surface area contributed by atoms with Gasteiger partial charge in [-0.3, -0.25) is 9.59 Å². The van der Waals surface area contributed by atoms with Crippen molar-refractivity contribution in [2.45, 2.75) is 25.2 Å². The third-order valence-corrected chi connectivity index (χ3v) is 5.59. The fraction of sp³-hybridized carbons (Fsp3) is 0.348. The van der Waals surface area contributed by atoms with Crippen LogP contribution in [0.1, 0.15) is 30.7 Å². The van der Waals surface area contributed by atoms with E-state index in [1.807, 2.05) is 24.3 Å². The van der Waals surface area contributed by atoms with Crippen LogP contribution in [0.25, 0.3) is 0 Å². The van der Waals surface area contributed by atoms with Crippen LogP contribution in [0, 0.1) is 23.2 Å². The first-order valence-electron chi connectivity index (χ1n) is 9.84. The highest BCUT2D eigenvalue weighted by molar-refractivity contribution is 6.10. The van der Waals surface area contributed by atoms with Crippen LogP contribution in [0.4, 0.5) is 5.69 Å². The predicted molar refractivity (Wildman–Crippen MR) is 107 cm³/mol. The van der Waals surface area contributed by atoms with Crippen LogP contribution < -0.4 is 14.8 Å². The minimum absolute atomic E-state index is 0.268. The Bertz CT molecular complexity index is 951. The summed E-state index contributed by atoms with van der Waals surface area (Å²) in [7, 11) is 0. The zero-order chi connectivity index (χ0) is 20.2. The van der Waals surface area contributed by atoms with E-state index in [1.165, 1.54) is 5.56 Å². The van der Waals surface area contributed by atoms with E-state index in [1.54, 1.807) is 18.2 Å². The average Bonchev–Trinajstić information content (AvgIpc) is 3.25. The molecule has 6 heteroatoms. The van der Waals surface area contributed by atoms with E-state index >= 15 is 0 Å². The Labute approximate surface area is 169 Å². The van der Waals surface area contributed by atoms with E-state index in [2.05, 4.69) is 17.4 Å². The maximum Gasteiger partial charge on any atom is 0.249 e. The lowest BCUT2D eigenvalue weighted by Crippen LogP contribution is -2.32. The summed E-state index contributed by atoms with van der Waals surface area (Å²) in [6.07, 6.45) is 2.27. The standard InChI is InChI=1S/C23H22N2O4/c24-14-19(22(26)17-7-6-16(12-17)15-4-2-1-3-5-15)23(27)25-18-8-9-20-21(13-18)29-11-10-28-20/h1-5,8-9,13,16-17,19H,6-7,10-12H2,(H,25,27)/t16-,17-,19?/m1/s1. The molecule has 2 aromatic carbocycles. The molecule has 1 saturated carbocycles. The number of benzene rings is 2. The molecule has 6 nitrogen and oxygen atoms in total. The fourth-order valence-electron chi connectivity index (χ4n) is 4.09. The highest BCUT2D eigenvalue weighted by atomic mass is 16.6. The summed E-state index contributed by atoms with van der Waals surface area (Å²) < 4.78 is 11.0. The van der Waals surface area contributed by atoms with E-state index in [-0.39, 0.29) is 11.7 Å². The van der Waals surface area contributed by atoms with Gasteiger partial charge in [0.25, 0.3) is 0 Å². The second-order valence-corrected chi connectivity index (χ2v) is 7.43. The molecule has 2 aliphatic rings. The van der Waals surface area contributed by atoms with Crippen molar-refractivity contribution < 1.29 is 19.1 Å². The number of nitrogens with zero attached hydrogens (tertiary/aromatic N) is 1. The van der Waals surface area contributed by atoms with Gasteiger partial charge in [0.2, 0.25) is 5.91 Å². The normalized spacial score (nSPS) is 21.1. The number of Topliss-reactive ketones (excluding diaryl/α,β-unsaturated/α-hetero) is 1. The number of nitriles is 1. The van der Waals surface area contributed by atoms with Crippen LogP contribution in [-0.4, -0.2) is 24.9 Å². The zero-order valence-electron chi connectivity index (χ0n) is 16.0. The van der Waals surface area contributed by atoms with Crippen LogP contribution in [-0.2, 0) is 9.59 Å². The maximum absolute atomic E-state index is 12.9. The summed E-state index contributed by atoms with van der Waals surface area (Å²) in [4.78, 5) is 25.5. The van der Waals surface area contributed by atoms with Gasteiger partial charge in [0.1, 0.15) is 13.2 Å². The van der Waals surface area contributed by atoms with Crippen molar-refractivity contribution in [2.24, 2.45) is 11.8 Å².